The molecule has 3 heteroatoms. The van der Waals surface area contributed by atoms with E-state index in [9.17, 15) is 4.79 Å². The summed E-state index contributed by atoms with van der Waals surface area (Å²) >= 11 is 0. The van der Waals surface area contributed by atoms with E-state index in [0.717, 1.165) is 0 Å². The van der Waals surface area contributed by atoms with Crippen LogP contribution in [0, 0.1) is 5.41 Å². The van der Waals surface area contributed by atoms with Gasteiger partial charge in [-0.25, -0.2) is 0 Å². The van der Waals surface area contributed by atoms with E-state index in [0.29, 0.717) is 6.42 Å². The monoisotopic (exact) mass is 186 g/mol. The molecular formula is C10H22N2O. The molecule has 3 nitrogen and oxygen atoms in total. The highest BCUT2D eigenvalue weighted by atomic mass is 16.2. The molecule has 0 fully saturated rings. The highest BCUT2D eigenvalue weighted by Gasteiger charge is 2.23. The molecule has 0 aliphatic carbocycles. The van der Waals surface area contributed by atoms with E-state index in [1.807, 2.05) is 13.8 Å². The Labute approximate surface area is 81.1 Å². The fraction of sp³-hybridized carbons (Fsp3) is 0.900. The summed E-state index contributed by atoms with van der Waals surface area (Å²) in [4.78, 5) is 11.4. The molecule has 0 aromatic rings. The summed E-state index contributed by atoms with van der Waals surface area (Å²) in [7, 11) is 0. The predicted octanol–water partition coefficient (Wildman–Crippen LogP) is 1.27. The van der Waals surface area contributed by atoms with Gasteiger partial charge in [-0.15, -0.1) is 0 Å². The SMILES string of the molecule is CC[C@@H](N)C(=O)NC(C)C(C)(C)C. The zero-order chi connectivity index (χ0) is 10.6. The Morgan fingerprint density at radius 3 is 2.23 bits per heavy atom. The standard InChI is InChI=1S/C10H22N2O/c1-6-8(11)9(13)12-7(2)10(3,4)5/h7-8H,6,11H2,1-5H3,(H,12,13)/t7?,8-/m1/s1. The third-order valence-corrected chi connectivity index (χ3v) is 2.43. The third kappa shape index (κ3) is 4.27. The zero-order valence-corrected chi connectivity index (χ0v) is 9.35. The molecule has 0 saturated carbocycles. The normalized spacial score (nSPS) is 16.5. The van der Waals surface area contributed by atoms with Crippen LogP contribution in [0.3, 0.4) is 0 Å². The van der Waals surface area contributed by atoms with E-state index in [1.54, 1.807) is 0 Å². The Bertz CT molecular complexity index is 172. The number of hydrogen-bond acceptors (Lipinski definition) is 2. The average molecular weight is 186 g/mol. The second-order valence-electron chi connectivity index (χ2n) is 4.61. The van der Waals surface area contributed by atoms with Crippen LogP contribution >= 0.6 is 0 Å². The molecule has 0 saturated heterocycles. The van der Waals surface area contributed by atoms with Gasteiger partial charge in [0.2, 0.25) is 5.91 Å². The number of nitrogens with two attached hydrogens (primary N) is 1. The van der Waals surface area contributed by atoms with Crippen molar-refractivity contribution in [1.29, 1.82) is 0 Å². The van der Waals surface area contributed by atoms with Crippen molar-refractivity contribution in [2.45, 2.75) is 53.1 Å². The molecule has 0 aliphatic rings. The number of hydrogen-bond donors (Lipinski definition) is 2. The van der Waals surface area contributed by atoms with Crippen molar-refractivity contribution in [2.24, 2.45) is 11.1 Å². The highest BCUT2D eigenvalue weighted by molar-refractivity contribution is 5.81. The number of nitrogens with one attached hydrogen (secondary N) is 1. The Kier molecular flexibility index (Phi) is 4.40. The van der Waals surface area contributed by atoms with Crippen molar-refractivity contribution in [3.05, 3.63) is 0 Å². The molecule has 0 radical (unpaired) electrons. The van der Waals surface area contributed by atoms with Gasteiger partial charge >= 0.3 is 0 Å². The third-order valence-electron chi connectivity index (χ3n) is 2.43. The lowest BCUT2D eigenvalue weighted by molar-refractivity contribution is -0.123. The average Bonchev–Trinajstić information content (AvgIpc) is 2.01. The Balaban J connectivity index is 4.07. The molecule has 1 unspecified atom stereocenters. The van der Waals surface area contributed by atoms with Crippen molar-refractivity contribution < 1.29 is 4.79 Å². The van der Waals surface area contributed by atoms with Gasteiger partial charge in [0.05, 0.1) is 6.04 Å². The molecule has 0 rings (SSSR count). The van der Waals surface area contributed by atoms with Gasteiger partial charge < -0.3 is 11.1 Å². The largest absolute Gasteiger partial charge is 0.352 e. The summed E-state index contributed by atoms with van der Waals surface area (Å²) in [5.74, 6) is -0.0510. The van der Waals surface area contributed by atoms with E-state index in [1.165, 1.54) is 0 Å². The fourth-order valence-electron chi connectivity index (χ4n) is 0.722. The number of rotatable bonds is 3. The van der Waals surface area contributed by atoms with Crippen molar-refractivity contribution in [2.75, 3.05) is 0 Å². The molecule has 0 spiro atoms. The van der Waals surface area contributed by atoms with E-state index >= 15 is 0 Å². The van der Waals surface area contributed by atoms with Crippen LogP contribution in [-0.2, 0) is 4.79 Å². The minimum atomic E-state index is -0.371. The van der Waals surface area contributed by atoms with Gasteiger partial charge in [-0.05, 0) is 18.8 Å². The van der Waals surface area contributed by atoms with Crippen LogP contribution in [0.25, 0.3) is 0 Å². The van der Waals surface area contributed by atoms with Crippen LogP contribution in [0.15, 0.2) is 0 Å². The molecule has 13 heavy (non-hydrogen) atoms. The lowest BCUT2D eigenvalue weighted by Gasteiger charge is -2.29. The van der Waals surface area contributed by atoms with Crippen LogP contribution in [0.2, 0.25) is 0 Å². The van der Waals surface area contributed by atoms with Crippen molar-refractivity contribution in [3.63, 3.8) is 0 Å². The quantitative estimate of drug-likeness (QED) is 0.697. The molecule has 78 valence electrons. The summed E-state index contributed by atoms with van der Waals surface area (Å²) in [5.41, 5.74) is 5.68. The van der Waals surface area contributed by atoms with Crippen LogP contribution in [0.4, 0.5) is 0 Å². The number of amides is 1. The molecule has 0 aliphatic heterocycles. The summed E-state index contributed by atoms with van der Waals surface area (Å²) < 4.78 is 0. The molecule has 3 N–H and O–H groups in total. The topological polar surface area (TPSA) is 55.1 Å². The summed E-state index contributed by atoms with van der Waals surface area (Å²) in [6.07, 6.45) is 0.683. The van der Waals surface area contributed by atoms with Gasteiger partial charge in [-0.1, -0.05) is 27.7 Å². The van der Waals surface area contributed by atoms with E-state index < -0.39 is 0 Å². The molecular weight excluding hydrogens is 164 g/mol. The highest BCUT2D eigenvalue weighted by Crippen LogP contribution is 2.18. The van der Waals surface area contributed by atoms with Crippen molar-refractivity contribution in [3.8, 4) is 0 Å². The first-order chi connectivity index (χ1) is 5.79. The second kappa shape index (κ2) is 4.61. The molecule has 0 aromatic carbocycles. The zero-order valence-electron chi connectivity index (χ0n) is 9.35. The minimum Gasteiger partial charge on any atom is -0.352 e. The first kappa shape index (κ1) is 12.4. The van der Waals surface area contributed by atoms with E-state index in [2.05, 4.69) is 26.1 Å². The van der Waals surface area contributed by atoms with Crippen LogP contribution in [0.1, 0.15) is 41.0 Å². The molecule has 0 heterocycles. The van der Waals surface area contributed by atoms with E-state index in [-0.39, 0.29) is 23.4 Å². The van der Waals surface area contributed by atoms with Crippen molar-refractivity contribution in [1.82, 2.24) is 5.32 Å². The maximum atomic E-state index is 11.4. The fourth-order valence-corrected chi connectivity index (χ4v) is 0.722. The smallest absolute Gasteiger partial charge is 0.237 e. The van der Waals surface area contributed by atoms with Gasteiger partial charge in [0.1, 0.15) is 0 Å². The summed E-state index contributed by atoms with van der Waals surface area (Å²) in [5, 5.41) is 2.91. The molecule has 2 atom stereocenters. The Hall–Kier alpha value is -0.570. The lowest BCUT2D eigenvalue weighted by atomic mass is 9.88. The van der Waals surface area contributed by atoms with Gasteiger partial charge in [0.25, 0.3) is 0 Å². The maximum Gasteiger partial charge on any atom is 0.237 e. The Morgan fingerprint density at radius 2 is 1.92 bits per heavy atom. The van der Waals surface area contributed by atoms with Gasteiger partial charge in [-0.3, -0.25) is 4.79 Å². The predicted molar refractivity (Wildman–Crippen MR) is 55.3 cm³/mol. The van der Waals surface area contributed by atoms with E-state index in [4.69, 9.17) is 5.73 Å². The van der Waals surface area contributed by atoms with Crippen LogP contribution < -0.4 is 11.1 Å². The van der Waals surface area contributed by atoms with Gasteiger partial charge in [0, 0.05) is 6.04 Å². The second-order valence-corrected chi connectivity index (χ2v) is 4.61. The number of carbonyl (C=O) groups excluding carboxylic acids is 1. The first-order valence-electron chi connectivity index (χ1n) is 4.85. The lowest BCUT2D eigenvalue weighted by Crippen LogP contribution is -2.48. The Morgan fingerprint density at radius 1 is 1.46 bits per heavy atom. The first-order valence-corrected chi connectivity index (χ1v) is 4.85. The molecule has 0 bridgehead atoms. The summed E-state index contributed by atoms with van der Waals surface area (Å²) in [6, 6.07) is -0.220. The molecule has 0 aromatic heterocycles. The van der Waals surface area contributed by atoms with Crippen molar-refractivity contribution >= 4 is 5.91 Å². The van der Waals surface area contributed by atoms with Crippen LogP contribution in [-0.4, -0.2) is 18.0 Å². The van der Waals surface area contributed by atoms with Gasteiger partial charge in [-0.2, -0.15) is 0 Å². The van der Waals surface area contributed by atoms with Gasteiger partial charge in [0.15, 0.2) is 0 Å². The number of carbonyl (C=O) groups is 1. The molecule has 1 amide bonds. The van der Waals surface area contributed by atoms with Crippen LogP contribution in [0.5, 0.6) is 0 Å². The summed E-state index contributed by atoms with van der Waals surface area (Å²) in [6.45, 7) is 10.2. The minimum absolute atomic E-state index is 0.0510. The maximum absolute atomic E-state index is 11.4.